The number of nitrogen functional groups attached to an aromatic ring is 2. The van der Waals surface area contributed by atoms with Crippen LogP contribution in [0, 0.1) is 17.8 Å². The highest BCUT2D eigenvalue weighted by molar-refractivity contribution is 7.99. The quantitative estimate of drug-likeness (QED) is 0.458. The lowest BCUT2D eigenvalue weighted by Crippen LogP contribution is -2.47. The number of nitrogens with two attached hydrogens (primary N) is 2. The molecule has 1 aromatic heterocycles. The van der Waals surface area contributed by atoms with E-state index < -0.39 is 11.9 Å². The second-order valence-electron chi connectivity index (χ2n) is 6.94. The molecule has 1 heterocycles. The Labute approximate surface area is 150 Å². The molecular weight excluding hydrogens is 340 g/mol. The number of carbonyl (C=O) groups excluding carboxylic acids is 2. The smallest absolute Gasteiger partial charge is 0.321 e. The van der Waals surface area contributed by atoms with Crippen LogP contribution < -0.4 is 22.1 Å². The second kappa shape index (κ2) is 7.47. The Kier molecular flexibility index (Phi) is 5.31. The van der Waals surface area contributed by atoms with E-state index in [1.807, 2.05) is 6.92 Å². The molecule has 4 atom stereocenters. The van der Waals surface area contributed by atoms with Crippen LogP contribution in [0.2, 0.25) is 0 Å². The van der Waals surface area contributed by atoms with Gasteiger partial charge in [0.25, 0.3) is 0 Å². The number of hydrogen-bond acceptors (Lipinski definition) is 7. The summed E-state index contributed by atoms with van der Waals surface area (Å²) in [6.45, 7) is 2.02. The van der Waals surface area contributed by atoms with E-state index in [2.05, 4.69) is 20.6 Å². The van der Waals surface area contributed by atoms with Gasteiger partial charge >= 0.3 is 6.03 Å². The van der Waals surface area contributed by atoms with Crippen LogP contribution in [0.3, 0.4) is 0 Å². The Morgan fingerprint density at radius 1 is 1.28 bits per heavy atom. The van der Waals surface area contributed by atoms with Gasteiger partial charge in [-0.05, 0) is 43.9 Å². The monoisotopic (exact) mass is 364 g/mol. The molecule has 2 aliphatic rings. The minimum atomic E-state index is -0.450. The Morgan fingerprint density at radius 3 is 2.60 bits per heavy atom. The van der Waals surface area contributed by atoms with Crippen molar-refractivity contribution in [1.29, 1.82) is 0 Å². The lowest BCUT2D eigenvalue weighted by Gasteiger charge is -2.28. The number of thioether (sulfide) groups is 1. The number of urea groups is 1. The number of hydrogen-bond donors (Lipinski definition) is 4. The maximum Gasteiger partial charge on any atom is 0.321 e. The molecule has 2 fully saturated rings. The molecule has 25 heavy (non-hydrogen) atoms. The van der Waals surface area contributed by atoms with E-state index in [1.165, 1.54) is 31.7 Å². The molecule has 3 rings (SSSR count). The van der Waals surface area contributed by atoms with Crippen molar-refractivity contribution in [2.45, 2.75) is 43.8 Å². The molecule has 1 aromatic rings. The highest BCUT2D eigenvalue weighted by Gasteiger charge is 2.42. The minimum Gasteiger partial charge on any atom is -0.383 e. The van der Waals surface area contributed by atoms with E-state index >= 15 is 0 Å². The first-order valence-electron chi connectivity index (χ1n) is 8.54. The molecule has 0 spiro atoms. The van der Waals surface area contributed by atoms with Crippen molar-refractivity contribution in [2.24, 2.45) is 17.8 Å². The summed E-state index contributed by atoms with van der Waals surface area (Å²) in [7, 11) is 0. The first-order valence-corrected chi connectivity index (χ1v) is 9.52. The zero-order chi connectivity index (χ0) is 18.0. The molecule has 8 nitrogen and oxygen atoms in total. The summed E-state index contributed by atoms with van der Waals surface area (Å²) >= 11 is 1.08. The van der Waals surface area contributed by atoms with Crippen LogP contribution in [-0.2, 0) is 4.79 Å². The molecule has 2 saturated carbocycles. The average Bonchev–Trinajstić information content (AvgIpc) is 3.15. The first-order chi connectivity index (χ1) is 11.9. The summed E-state index contributed by atoms with van der Waals surface area (Å²) in [5.74, 6) is 2.16. The van der Waals surface area contributed by atoms with E-state index in [0.29, 0.717) is 11.1 Å². The summed E-state index contributed by atoms with van der Waals surface area (Å²) in [5.41, 5.74) is 11.2. The van der Waals surface area contributed by atoms with Crippen molar-refractivity contribution in [3.05, 3.63) is 6.07 Å². The van der Waals surface area contributed by atoms with Crippen LogP contribution in [0.15, 0.2) is 11.2 Å². The van der Waals surface area contributed by atoms with E-state index in [0.717, 1.165) is 23.6 Å². The summed E-state index contributed by atoms with van der Waals surface area (Å²) < 4.78 is 0. The van der Waals surface area contributed by atoms with Crippen LogP contribution in [0.5, 0.6) is 0 Å². The molecule has 6 N–H and O–H groups in total. The van der Waals surface area contributed by atoms with E-state index in [9.17, 15) is 9.59 Å². The topological polar surface area (TPSA) is 136 Å². The number of nitrogens with zero attached hydrogens (tertiary/aromatic N) is 2. The number of anilines is 2. The van der Waals surface area contributed by atoms with Crippen LogP contribution in [0.1, 0.15) is 32.6 Å². The lowest BCUT2D eigenvalue weighted by atomic mass is 9.84. The molecule has 2 bridgehead atoms. The fourth-order valence-corrected chi connectivity index (χ4v) is 4.75. The number of aromatic nitrogens is 2. The van der Waals surface area contributed by atoms with Gasteiger partial charge in [0.2, 0.25) is 5.91 Å². The van der Waals surface area contributed by atoms with Gasteiger partial charge in [-0.25, -0.2) is 14.8 Å². The largest absolute Gasteiger partial charge is 0.383 e. The van der Waals surface area contributed by atoms with Gasteiger partial charge in [-0.15, -0.1) is 0 Å². The Balaban J connectivity index is 1.42. The summed E-state index contributed by atoms with van der Waals surface area (Å²) in [4.78, 5) is 31.9. The second-order valence-corrected chi connectivity index (χ2v) is 7.88. The predicted molar refractivity (Wildman–Crippen MR) is 96.7 cm³/mol. The van der Waals surface area contributed by atoms with E-state index in [1.54, 1.807) is 0 Å². The molecule has 2 aliphatic carbocycles. The third kappa shape index (κ3) is 4.53. The van der Waals surface area contributed by atoms with Gasteiger partial charge in [-0.1, -0.05) is 18.2 Å². The van der Waals surface area contributed by atoms with Crippen molar-refractivity contribution >= 4 is 35.3 Å². The van der Waals surface area contributed by atoms with E-state index in [-0.39, 0.29) is 23.4 Å². The fourth-order valence-electron chi connectivity index (χ4n) is 4.08. The zero-order valence-electron chi connectivity index (χ0n) is 14.2. The molecule has 0 aromatic carbocycles. The zero-order valence-corrected chi connectivity index (χ0v) is 15.0. The summed E-state index contributed by atoms with van der Waals surface area (Å²) in [6, 6.07) is 1.07. The van der Waals surface area contributed by atoms with Crippen LogP contribution in [0.25, 0.3) is 0 Å². The molecule has 0 aliphatic heterocycles. The highest BCUT2D eigenvalue weighted by Crippen LogP contribution is 2.49. The molecule has 0 unspecified atom stereocenters. The third-order valence-corrected chi connectivity index (χ3v) is 5.97. The van der Waals surface area contributed by atoms with Gasteiger partial charge in [0.1, 0.15) is 11.6 Å². The number of rotatable bonds is 5. The molecule has 0 saturated heterocycles. The molecule has 3 amide bonds. The Hall–Kier alpha value is -2.03. The molecule has 136 valence electrons. The van der Waals surface area contributed by atoms with Crippen molar-refractivity contribution in [3.63, 3.8) is 0 Å². The maximum absolute atomic E-state index is 12.0. The number of imide groups is 1. The number of nitrogens with one attached hydrogen (secondary N) is 2. The van der Waals surface area contributed by atoms with Crippen LogP contribution in [-0.4, -0.2) is 33.7 Å². The maximum atomic E-state index is 12.0. The summed E-state index contributed by atoms with van der Waals surface area (Å²) in [5, 5.41) is 5.56. The van der Waals surface area contributed by atoms with Crippen molar-refractivity contribution in [2.75, 3.05) is 17.2 Å². The van der Waals surface area contributed by atoms with Crippen molar-refractivity contribution in [3.8, 4) is 0 Å². The van der Waals surface area contributed by atoms with Crippen LogP contribution in [0.4, 0.5) is 16.4 Å². The van der Waals surface area contributed by atoms with Gasteiger partial charge in [0, 0.05) is 12.1 Å². The normalized spacial score (nSPS) is 25.6. The predicted octanol–water partition coefficient (Wildman–Crippen LogP) is 1.38. The fraction of sp³-hybridized carbons (Fsp3) is 0.625. The van der Waals surface area contributed by atoms with Crippen molar-refractivity contribution < 1.29 is 9.59 Å². The van der Waals surface area contributed by atoms with Gasteiger partial charge in [-0.3, -0.25) is 10.1 Å². The number of amides is 3. The Bertz CT molecular complexity index is 650. The average molecular weight is 364 g/mol. The molecular formula is C16H24N6O2S. The Morgan fingerprint density at radius 2 is 2.00 bits per heavy atom. The van der Waals surface area contributed by atoms with Gasteiger partial charge in [-0.2, -0.15) is 0 Å². The lowest BCUT2D eigenvalue weighted by molar-refractivity contribution is -0.117. The SMILES string of the molecule is C[C@H](NC(=O)NC(=O)CSc1nc(N)cc(N)n1)[C@@H]1C[C@@H]2CC[C@@H]1C2. The molecule has 9 heteroatoms. The minimum absolute atomic E-state index is 0.0127. The van der Waals surface area contributed by atoms with E-state index in [4.69, 9.17) is 11.5 Å². The van der Waals surface area contributed by atoms with Gasteiger partial charge in [0.15, 0.2) is 5.16 Å². The number of fused-ring (bicyclic) bond motifs is 2. The van der Waals surface area contributed by atoms with Crippen molar-refractivity contribution in [1.82, 2.24) is 20.6 Å². The summed E-state index contributed by atoms with van der Waals surface area (Å²) in [6.07, 6.45) is 5.07. The first kappa shape index (κ1) is 17.8. The molecule has 0 radical (unpaired) electrons. The highest BCUT2D eigenvalue weighted by atomic mass is 32.2. The third-order valence-electron chi connectivity index (χ3n) is 5.12. The number of carbonyl (C=O) groups is 2. The van der Waals surface area contributed by atoms with Gasteiger partial charge in [0.05, 0.1) is 5.75 Å². The standard InChI is InChI=1S/C16H24N6O2S/c1-8(11-5-9-2-3-10(11)4-9)19-15(24)22-14(23)7-25-16-20-12(17)6-13(18)21-16/h6,8-11H,2-5,7H2,1H3,(H4,17,18,20,21)(H2,19,22,23,24)/t8-,9+,10+,11-/m0/s1. The van der Waals surface area contributed by atoms with Gasteiger partial charge < -0.3 is 16.8 Å². The van der Waals surface area contributed by atoms with Crippen LogP contribution >= 0.6 is 11.8 Å².